The minimum absolute atomic E-state index is 0.832. The molecule has 2 aromatic rings. The second-order valence-electron chi connectivity index (χ2n) is 6.03. The van der Waals surface area contributed by atoms with Crippen LogP contribution < -0.4 is 4.74 Å². The zero-order valence-corrected chi connectivity index (χ0v) is 14.0. The van der Waals surface area contributed by atoms with Crippen LogP contribution in [0.25, 0.3) is 11.3 Å². The van der Waals surface area contributed by atoms with Gasteiger partial charge in [0.2, 0.25) is 0 Å². The van der Waals surface area contributed by atoms with Crippen molar-refractivity contribution in [2.24, 2.45) is 0 Å². The summed E-state index contributed by atoms with van der Waals surface area (Å²) in [6.45, 7) is 8.82. The van der Waals surface area contributed by atoms with E-state index in [0.29, 0.717) is 0 Å². The highest BCUT2D eigenvalue weighted by Gasteiger charge is 2.19. The highest BCUT2D eigenvalue weighted by atomic mass is 16.5. The van der Waals surface area contributed by atoms with Gasteiger partial charge in [-0.2, -0.15) is 0 Å². The Morgan fingerprint density at radius 1 is 1.17 bits per heavy atom. The number of hydrogen-bond acceptors (Lipinski definition) is 5. The topological polar surface area (TPSA) is 41.7 Å². The smallest absolute Gasteiger partial charge is 0.171 e. The molecule has 0 saturated carbocycles. The number of hydrogen-bond donors (Lipinski definition) is 0. The van der Waals surface area contributed by atoms with Crippen molar-refractivity contribution in [2.75, 3.05) is 39.8 Å². The summed E-state index contributed by atoms with van der Waals surface area (Å²) in [6, 6.07) is 7.94. The van der Waals surface area contributed by atoms with E-state index in [1.165, 1.54) is 13.0 Å². The van der Waals surface area contributed by atoms with Gasteiger partial charge in [-0.1, -0.05) is 24.2 Å². The van der Waals surface area contributed by atoms with Crippen molar-refractivity contribution in [3.63, 3.8) is 0 Å². The number of rotatable bonds is 6. The summed E-state index contributed by atoms with van der Waals surface area (Å²) in [4.78, 5) is 5.01. The summed E-state index contributed by atoms with van der Waals surface area (Å²) >= 11 is 0. The number of piperazine rings is 1. The first kappa shape index (κ1) is 16.0. The third kappa shape index (κ3) is 3.92. The largest absolute Gasteiger partial charge is 0.497 e. The van der Waals surface area contributed by atoms with Gasteiger partial charge in [0.1, 0.15) is 5.75 Å². The Morgan fingerprint density at radius 2 is 1.96 bits per heavy atom. The summed E-state index contributed by atoms with van der Waals surface area (Å²) in [7, 11) is 1.68. The number of aromatic nitrogens is 1. The second-order valence-corrected chi connectivity index (χ2v) is 6.03. The van der Waals surface area contributed by atoms with E-state index in [4.69, 9.17) is 9.26 Å². The molecule has 0 aliphatic carbocycles. The molecule has 2 heterocycles. The molecule has 0 atom stereocenters. The molecule has 1 fully saturated rings. The Labute approximate surface area is 137 Å². The summed E-state index contributed by atoms with van der Waals surface area (Å²) in [5.74, 6) is 1.68. The van der Waals surface area contributed by atoms with E-state index < -0.39 is 0 Å². The standard InChI is InChI=1S/C18H25N3O2/c1-3-7-20-8-10-21(11-9-20)14-16-13-19-23-18(16)15-5-4-6-17(12-15)22-2/h4-6,12-13H,3,7-11,14H2,1-2H3. The highest BCUT2D eigenvalue weighted by Crippen LogP contribution is 2.27. The first-order chi connectivity index (χ1) is 11.3. The summed E-state index contributed by atoms with van der Waals surface area (Å²) in [5.41, 5.74) is 2.16. The predicted octanol–water partition coefficient (Wildman–Crippen LogP) is 2.88. The lowest BCUT2D eigenvalue weighted by atomic mass is 10.1. The van der Waals surface area contributed by atoms with Crippen molar-refractivity contribution >= 4 is 0 Å². The summed E-state index contributed by atoms with van der Waals surface area (Å²) in [6.07, 6.45) is 3.07. The fraction of sp³-hybridized carbons (Fsp3) is 0.500. The van der Waals surface area contributed by atoms with Crippen LogP contribution in [-0.4, -0.2) is 54.8 Å². The van der Waals surface area contributed by atoms with Crippen LogP contribution in [0, 0.1) is 0 Å². The van der Waals surface area contributed by atoms with Crippen LogP contribution in [0.4, 0.5) is 0 Å². The molecule has 124 valence electrons. The average molecular weight is 315 g/mol. The Bertz CT molecular complexity index is 618. The molecular formula is C18H25N3O2. The van der Waals surface area contributed by atoms with Crippen molar-refractivity contribution in [3.8, 4) is 17.1 Å². The molecule has 5 heteroatoms. The van der Waals surface area contributed by atoms with E-state index in [1.54, 1.807) is 7.11 Å². The van der Waals surface area contributed by atoms with Crippen molar-refractivity contribution in [1.29, 1.82) is 0 Å². The van der Waals surface area contributed by atoms with Gasteiger partial charge in [0, 0.05) is 43.9 Å². The van der Waals surface area contributed by atoms with Gasteiger partial charge in [0.05, 0.1) is 13.3 Å². The Balaban J connectivity index is 1.67. The molecule has 5 nitrogen and oxygen atoms in total. The summed E-state index contributed by atoms with van der Waals surface area (Å²) < 4.78 is 10.8. The van der Waals surface area contributed by atoms with Gasteiger partial charge in [0.25, 0.3) is 0 Å². The van der Waals surface area contributed by atoms with E-state index in [-0.39, 0.29) is 0 Å². The third-order valence-electron chi connectivity index (χ3n) is 4.37. The van der Waals surface area contributed by atoms with Gasteiger partial charge in [-0.25, -0.2) is 0 Å². The molecule has 0 spiro atoms. The Hall–Kier alpha value is -1.85. The zero-order chi connectivity index (χ0) is 16.1. The lowest BCUT2D eigenvalue weighted by molar-refractivity contribution is 0.127. The van der Waals surface area contributed by atoms with Crippen molar-refractivity contribution < 1.29 is 9.26 Å². The van der Waals surface area contributed by atoms with Crippen molar-refractivity contribution in [3.05, 3.63) is 36.0 Å². The van der Waals surface area contributed by atoms with Crippen LogP contribution in [0.15, 0.2) is 35.0 Å². The van der Waals surface area contributed by atoms with Gasteiger partial charge in [-0.15, -0.1) is 0 Å². The maximum absolute atomic E-state index is 5.51. The van der Waals surface area contributed by atoms with E-state index in [2.05, 4.69) is 21.9 Å². The molecule has 1 aliphatic heterocycles. The third-order valence-corrected chi connectivity index (χ3v) is 4.37. The van der Waals surface area contributed by atoms with Crippen LogP contribution in [0.2, 0.25) is 0 Å². The van der Waals surface area contributed by atoms with Gasteiger partial charge in [-0.3, -0.25) is 4.90 Å². The van der Waals surface area contributed by atoms with Crippen LogP contribution in [0.1, 0.15) is 18.9 Å². The molecular weight excluding hydrogens is 290 g/mol. The molecule has 0 bridgehead atoms. The van der Waals surface area contributed by atoms with Crippen LogP contribution in [0.3, 0.4) is 0 Å². The van der Waals surface area contributed by atoms with Crippen molar-refractivity contribution in [1.82, 2.24) is 15.0 Å². The normalized spacial score (nSPS) is 16.6. The maximum Gasteiger partial charge on any atom is 0.171 e. The first-order valence-electron chi connectivity index (χ1n) is 8.33. The monoisotopic (exact) mass is 315 g/mol. The van der Waals surface area contributed by atoms with Crippen LogP contribution in [0.5, 0.6) is 5.75 Å². The van der Waals surface area contributed by atoms with Gasteiger partial charge in [-0.05, 0) is 25.1 Å². The van der Waals surface area contributed by atoms with Crippen LogP contribution in [-0.2, 0) is 6.54 Å². The van der Waals surface area contributed by atoms with E-state index in [9.17, 15) is 0 Å². The summed E-state index contributed by atoms with van der Waals surface area (Å²) in [5, 5.41) is 4.01. The SMILES string of the molecule is CCCN1CCN(Cc2cnoc2-c2cccc(OC)c2)CC1. The highest BCUT2D eigenvalue weighted by molar-refractivity contribution is 5.62. The number of ether oxygens (including phenoxy) is 1. The second kappa shape index (κ2) is 7.62. The molecule has 1 aromatic carbocycles. The molecule has 1 saturated heterocycles. The minimum atomic E-state index is 0.832. The molecule has 0 radical (unpaired) electrons. The molecule has 0 N–H and O–H groups in total. The maximum atomic E-state index is 5.51. The van der Waals surface area contributed by atoms with Gasteiger partial charge in [0.15, 0.2) is 5.76 Å². The molecule has 1 aromatic heterocycles. The Morgan fingerprint density at radius 3 is 2.70 bits per heavy atom. The van der Waals surface area contributed by atoms with Gasteiger partial charge >= 0.3 is 0 Å². The number of nitrogens with zero attached hydrogens (tertiary/aromatic N) is 3. The number of methoxy groups -OCH3 is 1. The fourth-order valence-corrected chi connectivity index (χ4v) is 3.10. The van der Waals surface area contributed by atoms with Crippen LogP contribution >= 0.6 is 0 Å². The predicted molar refractivity (Wildman–Crippen MR) is 90.5 cm³/mol. The van der Waals surface area contributed by atoms with Crippen molar-refractivity contribution in [2.45, 2.75) is 19.9 Å². The Kier molecular flexibility index (Phi) is 5.31. The quantitative estimate of drug-likeness (QED) is 0.820. The van der Waals surface area contributed by atoms with E-state index >= 15 is 0 Å². The van der Waals surface area contributed by atoms with Gasteiger partial charge < -0.3 is 14.2 Å². The molecule has 0 unspecified atom stereocenters. The molecule has 23 heavy (non-hydrogen) atoms. The average Bonchev–Trinajstić information content (AvgIpc) is 3.05. The first-order valence-corrected chi connectivity index (χ1v) is 8.33. The lowest BCUT2D eigenvalue weighted by Crippen LogP contribution is -2.45. The molecule has 3 rings (SSSR count). The molecule has 0 amide bonds. The lowest BCUT2D eigenvalue weighted by Gasteiger charge is -2.34. The zero-order valence-electron chi connectivity index (χ0n) is 14.0. The number of benzene rings is 1. The van der Waals surface area contributed by atoms with E-state index in [1.807, 2.05) is 30.5 Å². The van der Waals surface area contributed by atoms with E-state index in [0.717, 1.165) is 55.4 Å². The molecule has 1 aliphatic rings. The fourth-order valence-electron chi connectivity index (χ4n) is 3.10. The minimum Gasteiger partial charge on any atom is -0.497 e.